The van der Waals surface area contributed by atoms with Crippen molar-refractivity contribution < 1.29 is 9.13 Å². The Labute approximate surface area is 116 Å². The van der Waals surface area contributed by atoms with E-state index in [9.17, 15) is 4.39 Å². The van der Waals surface area contributed by atoms with Crippen LogP contribution in [0, 0.1) is 5.82 Å². The maximum atomic E-state index is 13.1. The van der Waals surface area contributed by atoms with Crippen molar-refractivity contribution in [1.82, 2.24) is 0 Å². The molecule has 4 heteroatoms. The molecule has 2 N–H and O–H groups in total. The van der Waals surface area contributed by atoms with E-state index in [0.717, 1.165) is 16.2 Å². The van der Waals surface area contributed by atoms with Crippen molar-refractivity contribution in [2.24, 2.45) is 0 Å². The number of thioether (sulfide) groups is 1. The van der Waals surface area contributed by atoms with Gasteiger partial charge in [0.1, 0.15) is 11.6 Å². The standard InChI is InChI=1S/C15H16FNOS/c1-2-18-15-7-6-13(17)8-11(15)10-19-14-5-3-4-12(16)9-14/h3-9H,2,10,17H2,1H3. The minimum absolute atomic E-state index is 0.220. The molecule has 0 fully saturated rings. The summed E-state index contributed by atoms with van der Waals surface area (Å²) in [6, 6.07) is 12.2. The number of nitrogen functional groups attached to an aromatic ring is 1. The summed E-state index contributed by atoms with van der Waals surface area (Å²) in [6.07, 6.45) is 0. The molecule has 2 nitrogen and oxygen atoms in total. The van der Waals surface area contributed by atoms with E-state index in [2.05, 4.69) is 0 Å². The molecule has 100 valence electrons. The Balaban J connectivity index is 2.12. The molecule has 2 rings (SSSR count). The van der Waals surface area contributed by atoms with Gasteiger partial charge in [-0.15, -0.1) is 11.8 Å². The van der Waals surface area contributed by atoms with E-state index in [0.29, 0.717) is 18.0 Å². The maximum Gasteiger partial charge on any atom is 0.124 e. The van der Waals surface area contributed by atoms with Gasteiger partial charge in [-0.25, -0.2) is 4.39 Å². The van der Waals surface area contributed by atoms with E-state index < -0.39 is 0 Å². The first kappa shape index (κ1) is 13.7. The number of halogens is 1. The number of benzene rings is 2. The van der Waals surface area contributed by atoms with Gasteiger partial charge in [-0.2, -0.15) is 0 Å². The second kappa shape index (κ2) is 6.48. The molecule has 0 spiro atoms. The Kier molecular flexibility index (Phi) is 4.68. The van der Waals surface area contributed by atoms with Crippen LogP contribution in [0.2, 0.25) is 0 Å². The summed E-state index contributed by atoms with van der Waals surface area (Å²) >= 11 is 1.56. The first-order valence-electron chi connectivity index (χ1n) is 6.08. The average Bonchev–Trinajstić information content (AvgIpc) is 2.39. The van der Waals surface area contributed by atoms with E-state index in [1.54, 1.807) is 17.8 Å². The molecule has 0 aliphatic carbocycles. The first-order chi connectivity index (χ1) is 9.19. The van der Waals surface area contributed by atoms with Crippen molar-refractivity contribution >= 4 is 17.4 Å². The molecule has 0 unspecified atom stereocenters. The zero-order valence-corrected chi connectivity index (χ0v) is 11.5. The highest BCUT2D eigenvalue weighted by Gasteiger charge is 2.05. The number of hydrogen-bond acceptors (Lipinski definition) is 3. The topological polar surface area (TPSA) is 35.2 Å². The SMILES string of the molecule is CCOc1ccc(N)cc1CSc1cccc(F)c1. The van der Waals surface area contributed by atoms with Gasteiger partial charge >= 0.3 is 0 Å². The summed E-state index contributed by atoms with van der Waals surface area (Å²) in [4.78, 5) is 0.893. The van der Waals surface area contributed by atoms with Crippen molar-refractivity contribution in [3.63, 3.8) is 0 Å². The third-order valence-corrected chi connectivity index (χ3v) is 3.62. The molecular weight excluding hydrogens is 261 g/mol. The van der Waals surface area contributed by atoms with Crippen LogP contribution in [-0.2, 0) is 5.75 Å². The Hall–Kier alpha value is -1.68. The summed E-state index contributed by atoms with van der Waals surface area (Å²) in [5.74, 6) is 1.31. The largest absolute Gasteiger partial charge is 0.494 e. The monoisotopic (exact) mass is 277 g/mol. The molecule has 0 saturated carbocycles. The lowest BCUT2D eigenvalue weighted by Crippen LogP contribution is -1.97. The summed E-state index contributed by atoms with van der Waals surface area (Å²) in [7, 11) is 0. The van der Waals surface area contributed by atoms with E-state index in [1.165, 1.54) is 12.1 Å². The van der Waals surface area contributed by atoms with Crippen molar-refractivity contribution in [2.45, 2.75) is 17.6 Å². The highest BCUT2D eigenvalue weighted by Crippen LogP contribution is 2.29. The van der Waals surface area contributed by atoms with E-state index >= 15 is 0 Å². The fourth-order valence-corrected chi connectivity index (χ4v) is 2.64. The molecule has 0 radical (unpaired) electrons. The van der Waals surface area contributed by atoms with Gasteiger partial charge in [0.15, 0.2) is 0 Å². The van der Waals surface area contributed by atoms with Crippen LogP contribution in [0.4, 0.5) is 10.1 Å². The quantitative estimate of drug-likeness (QED) is 0.660. The predicted molar refractivity (Wildman–Crippen MR) is 78.0 cm³/mol. The minimum atomic E-state index is -0.220. The number of hydrogen-bond donors (Lipinski definition) is 1. The van der Waals surface area contributed by atoms with Crippen molar-refractivity contribution in [2.75, 3.05) is 12.3 Å². The second-order valence-corrected chi connectivity index (χ2v) is 5.09. The first-order valence-corrected chi connectivity index (χ1v) is 7.07. The average molecular weight is 277 g/mol. The van der Waals surface area contributed by atoms with Gasteiger partial charge in [-0.05, 0) is 43.3 Å². The second-order valence-electron chi connectivity index (χ2n) is 4.05. The molecular formula is C15H16FNOS. The molecule has 2 aromatic carbocycles. The molecule has 0 aliphatic heterocycles. The van der Waals surface area contributed by atoms with Gasteiger partial charge in [-0.3, -0.25) is 0 Å². The van der Waals surface area contributed by atoms with Gasteiger partial charge in [0.05, 0.1) is 6.61 Å². The van der Waals surface area contributed by atoms with Crippen molar-refractivity contribution in [3.05, 3.63) is 53.8 Å². The Morgan fingerprint density at radius 2 is 2.05 bits per heavy atom. The summed E-state index contributed by atoms with van der Waals surface area (Å²) in [6.45, 7) is 2.56. The fraction of sp³-hybridized carbons (Fsp3) is 0.200. The van der Waals surface area contributed by atoms with Crippen LogP contribution in [0.15, 0.2) is 47.4 Å². The molecule has 0 bridgehead atoms. The lowest BCUT2D eigenvalue weighted by atomic mass is 10.2. The lowest BCUT2D eigenvalue weighted by Gasteiger charge is -2.11. The number of nitrogens with two attached hydrogens (primary N) is 1. The minimum Gasteiger partial charge on any atom is -0.494 e. The van der Waals surface area contributed by atoms with Crippen LogP contribution in [0.5, 0.6) is 5.75 Å². The normalized spacial score (nSPS) is 10.4. The van der Waals surface area contributed by atoms with Crippen LogP contribution in [-0.4, -0.2) is 6.61 Å². The van der Waals surface area contributed by atoms with Crippen LogP contribution in [0.3, 0.4) is 0 Å². The van der Waals surface area contributed by atoms with Gasteiger partial charge in [0.25, 0.3) is 0 Å². The molecule has 0 aromatic heterocycles. The number of ether oxygens (including phenoxy) is 1. The third kappa shape index (κ3) is 3.89. The van der Waals surface area contributed by atoms with Crippen LogP contribution < -0.4 is 10.5 Å². The van der Waals surface area contributed by atoms with E-state index in [-0.39, 0.29) is 5.82 Å². The third-order valence-electron chi connectivity index (χ3n) is 2.57. The van der Waals surface area contributed by atoms with Crippen LogP contribution in [0.25, 0.3) is 0 Å². The molecule has 19 heavy (non-hydrogen) atoms. The number of anilines is 1. The molecule has 0 saturated heterocycles. The highest BCUT2D eigenvalue weighted by atomic mass is 32.2. The Bertz CT molecular complexity index is 560. The van der Waals surface area contributed by atoms with Crippen LogP contribution >= 0.6 is 11.8 Å². The Morgan fingerprint density at radius 3 is 2.79 bits per heavy atom. The lowest BCUT2D eigenvalue weighted by molar-refractivity contribution is 0.337. The van der Waals surface area contributed by atoms with Crippen LogP contribution in [0.1, 0.15) is 12.5 Å². The van der Waals surface area contributed by atoms with E-state index in [1.807, 2.05) is 31.2 Å². The zero-order valence-electron chi connectivity index (χ0n) is 10.7. The Morgan fingerprint density at radius 1 is 1.21 bits per heavy atom. The zero-order chi connectivity index (χ0) is 13.7. The van der Waals surface area contributed by atoms with Gasteiger partial charge in [0, 0.05) is 21.9 Å². The molecule has 2 aromatic rings. The smallest absolute Gasteiger partial charge is 0.124 e. The maximum absolute atomic E-state index is 13.1. The van der Waals surface area contributed by atoms with Crippen molar-refractivity contribution in [3.8, 4) is 5.75 Å². The number of rotatable bonds is 5. The fourth-order valence-electron chi connectivity index (χ4n) is 1.73. The summed E-state index contributed by atoms with van der Waals surface area (Å²) < 4.78 is 18.7. The van der Waals surface area contributed by atoms with Gasteiger partial charge in [-0.1, -0.05) is 6.07 Å². The highest BCUT2D eigenvalue weighted by molar-refractivity contribution is 7.98. The molecule has 0 heterocycles. The predicted octanol–water partition coefficient (Wildman–Crippen LogP) is 4.10. The van der Waals surface area contributed by atoms with Gasteiger partial charge in [0.2, 0.25) is 0 Å². The molecule has 0 amide bonds. The van der Waals surface area contributed by atoms with E-state index in [4.69, 9.17) is 10.5 Å². The molecule has 0 aliphatic rings. The summed E-state index contributed by atoms with van der Waals surface area (Å²) in [5, 5.41) is 0. The van der Waals surface area contributed by atoms with Crippen molar-refractivity contribution in [1.29, 1.82) is 0 Å². The molecule has 0 atom stereocenters. The van der Waals surface area contributed by atoms with Gasteiger partial charge < -0.3 is 10.5 Å². The summed E-state index contributed by atoms with van der Waals surface area (Å²) in [5.41, 5.74) is 7.52.